The lowest BCUT2D eigenvalue weighted by molar-refractivity contribution is -0.137. The maximum absolute atomic E-state index is 13.9. The molecule has 1 saturated heterocycles. The van der Waals surface area contributed by atoms with Crippen LogP contribution in [-0.4, -0.2) is 52.7 Å². The van der Waals surface area contributed by atoms with E-state index in [-0.39, 0.29) is 18.4 Å². The lowest BCUT2D eigenvalue weighted by Crippen LogP contribution is -2.36. The molecule has 2 unspecified atom stereocenters. The second kappa shape index (κ2) is 7.28. The van der Waals surface area contributed by atoms with Gasteiger partial charge in [0.15, 0.2) is 0 Å². The maximum Gasteiger partial charge on any atom is 0.305 e. The summed E-state index contributed by atoms with van der Waals surface area (Å²) in [5.41, 5.74) is 0.338. The Balaban J connectivity index is 1.83. The molecule has 132 valence electrons. The Hall–Kier alpha value is -2.32. The quantitative estimate of drug-likeness (QED) is 0.882. The van der Waals surface area contributed by atoms with Crippen molar-refractivity contribution in [2.45, 2.75) is 25.0 Å². The molecule has 1 aromatic heterocycles. The Morgan fingerprint density at radius 3 is 2.88 bits per heavy atom. The van der Waals surface area contributed by atoms with Crippen LogP contribution in [0, 0.1) is 5.82 Å². The highest BCUT2D eigenvalue weighted by molar-refractivity contribution is 7.16. The van der Waals surface area contributed by atoms with Crippen LogP contribution < -0.4 is 0 Å². The molecule has 1 aromatic carbocycles. The molecule has 1 aliphatic rings. The lowest BCUT2D eigenvalue weighted by atomic mass is 10.1. The van der Waals surface area contributed by atoms with Crippen molar-refractivity contribution < 1.29 is 23.8 Å². The van der Waals surface area contributed by atoms with Crippen molar-refractivity contribution in [3.8, 4) is 10.6 Å². The van der Waals surface area contributed by atoms with E-state index >= 15 is 0 Å². The number of amides is 1. The van der Waals surface area contributed by atoms with Gasteiger partial charge in [-0.15, -0.1) is 11.3 Å². The summed E-state index contributed by atoms with van der Waals surface area (Å²) in [6, 6.07) is 5.81. The first-order valence-electron chi connectivity index (χ1n) is 7.76. The molecule has 2 atom stereocenters. The Labute approximate surface area is 147 Å². The van der Waals surface area contributed by atoms with Crippen LogP contribution >= 0.6 is 11.3 Å². The maximum atomic E-state index is 13.9. The summed E-state index contributed by atoms with van der Waals surface area (Å²) in [5.74, 6) is -1.66. The van der Waals surface area contributed by atoms with Gasteiger partial charge >= 0.3 is 5.97 Å². The zero-order valence-electron chi connectivity index (χ0n) is 13.5. The molecule has 25 heavy (non-hydrogen) atoms. The van der Waals surface area contributed by atoms with Gasteiger partial charge in [-0.25, -0.2) is 9.37 Å². The number of rotatable bonds is 5. The molecule has 0 saturated carbocycles. The number of carboxylic acids is 1. The molecule has 3 rings (SSSR count). The van der Waals surface area contributed by atoms with Gasteiger partial charge in [0.2, 0.25) is 0 Å². The number of aromatic nitrogens is 1. The third-order valence-electron chi connectivity index (χ3n) is 4.20. The zero-order valence-corrected chi connectivity index (χ0v) is 14.3. The van der Waals surface area contributed by atoms with Gasteiger partial charge in [0.05, 0.1) is 18.7 Å². The fourth-order valence-electron chi connectivity index (χ4n) is 2.96. The van der Waals surface area contributed by atoms with Gasteiger partial charge in [-0.05, 0) is 18.6 Å². The van der Waals surface area contributed by atoms with Crippen LogP contribution in [0.3, 0.4) is 0 Å². The number of aliphatic carboxylic acids is 1. The molecule has 1 aliphatic heterocycles. The number of carboxylic acid groups (broad SMARTS) is 1. The van der Waals surface area contributed by atoms with Crippen molar-refractivity contribution in [3.63, 3.8) is 0 Å². The number of carbonyl (C=O) groups is 2. The molecule has 8 heteroatoms. The molecule has 0 bridgehead atoms. The van der Waals surface area contributed by atoms with Crippen LogP contribution in [0.5, 0.6) is 0 Å². The Morgan fingerprint density at radius 1 is 1.44 bits per heavy atom. The minimum Gasteiger partial charge on any atom is -0.481 e. The Bertz CT molecular complexity index is 794. The second-order valence-corrected chi connectivity index (χ2v) is 6.84. The van der Waals surface area contributed by atoms with Gasteiger partial charge in [0.25, 0.3) is 5.91 Å². The number of hydrogen-bond acceptors (Lipinski definition) is 5. The number of likely N-dealkylation sites (tertiary alicyclic amines) is 1. The SMILES string of the molecule is COC1CC(CC(=O)O)N(C(=O)c2cnc(-c3ccccc3F)s2)C1. The van der Waals surface area contributed by atoms with Crippen LogP contribution in [-0.2, 0) is 9.53 Å². The van der Waals surface area contributed by atoms with Crippen LogP contribution in [0.25, 0.3) is 10.6 Å². The molecule has 1 N–H and O–H groups in total. The minimum atomic E-state index is -0.962. The number of thiazole rings is 1. The highest BCUT2D eigenvalue weighted by Crippen LogP contribution is 2.30. The third kappa shape index (κ3) is 3.69. The summed E-state index contributed by atoms with van der Waals surface area (Å²) in [6.45, 7) is 0.334. The van der Waals surface area contributed by atoms with Crippen LogP contribution in [0.15, 0.2) is 30.5 Å². The Kier molecular flexibility index (Phi) is 5.10. The lowest BCUT2D eigenvalue weighted by Gasteiger charge is -2.22. The number of carbonyl (C=O) groups excluding carboxylic acids is 1. The first-order chi connectivity index (χ1) is 12.0. The van der Waals surface area contributed by atoms with Crippen molar-refractivity contribution in [1.29, 1.82) is 0 Å². The number of nitrogens with zero attached hydrogens (tertiary/aromatic N) is 2. The molecular formula is C17H17FN2O4S. The summed E-state index contributed by atoms with van der Waals surface area (Å²) in [4.78, 5) is 29.9. The van der Waals surface area contributed by atoms with Gasteiger partial charge in [-0.3, -0.25) is 9.59 Å². The van der Waals surface area contributed by atoms with Crippen molar-refractivity contribution in [3.05, 3.63) is 41.2 Å². The van der Waals surface area contributed by atoms with Crippen LogP contribution in [0.1, 0.15) is 22.5 Å². The van der Waals surface area contributed by atoms with E-state index in [2.05, 4.69) is 4.98 Å². The van der Waals surface area contributed by atoms with E-state index in [1.54, 1.807) is 25.3 Å². The first-order valence-corrected chi connectivity index (χ1v) is 8.57. The number of hydrogen-bond donors (Lipinski definition) is 1. The Morgan fingerprint density at radius 2 is 2.20 bits per heavy atom. The molecule has 0 radical (unpaired) electrons. The average Bonchev–Trinajstić information content (AvgIpc) is 3.21. The van der Waals surface area contributed by atoms with Crippen molar-refractivity contribution >= 4 is 23.2 Å². The topological polar surface area (TPSA) is 79.7 Å². The smallest absolute Gasteiger partial charge is 0.305 e. The molecule has 1 fully saturated rings. The molecule has 1 amide bonds. The summed E-state index contributed by atoms with van der Waals surface area (Å²) in [6.07, 6.45) is 1.57. The molecule has 2 aromatic rings. The van der Waals surface area contributed by atoms with Gasteiger partial charge < -0.3 is 14.7 Å². The van der Waals surface area contributed by atoms with E-state index in [9.17, 15) is 14.0 Å². The fourth-order valence-corrected chi connectivity index (χ4v) is 3.86. The predicted octanol–water partition coefficient (Wildman–Crippen LogP) is 2.65. The summed E-state index contributed by atoms with van der Waals surface area (Å²) >= 11 is 1.09. The third-order valence-corrected chi connectivity index (χ3v) is 5.22. The number of ether oxygens (including phenoxy) is 1. The van der Waals surface area contributed by atoms with Crippen molar-refractivity contribution in [1.82, 2.24) is 9.88 Å². The average molecular weight is 364 g/mol. The number of benzene rings is 1. The normalized spacial score (nSPS) is 20.0. The van der Waals surface area contributed by atoms with Gasteiger partial charge in [-0.1, -0.05) is 12.1 Å². The zero-order chi connectivity index (χ0) is 18.0. The largest absolute Gasteiger partial charge is 0.481 e. The molecule has 2 heterocycles. The van der Waals surface area contributed by atoms with E-state index < -0.39 is 17.8 Å². The van der Waals surface area contributed by atoms with E-state index in [0.29, 0.717) is 28.4 Å². The van der Waals surface area contributed by atoms with E-state index in [0.717, 1.165) is 11.3 Å². The van der Waals surface area contributed by atoms with Crippen LogP contribution in [0.4, 0.5) is 4.39 Å². The first kappa shape index (κ1) is 17.5. The highest BCUT2D eigenvalue weighted by Gasteiger charge is 2.37. The minimum absolute atomic E-state index is 0.134. The van der Waals surface area contributed by atoms with Crippen LogP contribution in [0.2, 0.25) is 0 Å². The van der Waals surface area contributed by atoms with Crippen molar-refractivity contribution in [2.24, 2.45) is 0 Å². The molecule has 0 aliphatic carbocycles. The summed E-state index contributed by atoms with van der Waals surface area (Å²) < 4.78 is 19.2. The van der Waals surface area contributed by atoms with Gasteiger partial charge in [0.1, 0.15) is 15.7 Å². The summed E-state index contributed by atoms with van der Waals surface area (Å²) in [7, 11) is 1.54. The standard InChI is InChI=1S/C17H17FN2O4S/c1-24-11-6-10(7-15(21)22)20(9-11)17(23)14-8-19-16(25-14)12-4-2-3-5-13(12)18/h2-5,8,10-11H,6-7,9H2,1H3,(H,21,22). The summed E-state index contributed by atoms with van der Waals surface area (Å²) in [5, 5.41) is 9.47. The monoisotopic (exact) mass is 364 g/mol. The highest BCUT2D eigenvalue weighted by atomic mass is 32.1. The van der Waals surface area contributed by atoms with E-state index in [4.69, 9.17) is 9.84 Å². The molecule has 0 spiro atoms. The molecule has 6 nitrogen and oxygen atoms in total. The predicted molar refractivity (Wildman–Crippen MR) is 90.0 cm³/mol. The van der Waals surface area contributed by atoms with E-state index in [1.165, 1.54) is 17.2 Å². The number of methoxy groups -OCH3 is 1. The fraction of sp³-hybridized carbons (Fsp3) is 0.353. The van der Waals surface area contributed by atoms with Gasteiger partial charge in [0, 0.05) is 25.3 Å². The van der Waals surface area contributed by atoms with E-state index in [1.807, 2.05) is 0 Å². The molecular weight excluding hydrogens is 347 g/mol. The second-order valence-electron chi connectivity index (χ2n) is 5.81. The van der Waals surface area contributed by atoms with Crippen molar-refractivity contribution in [2.75, 3.05) is 13.7 Å². The van der Waals surface area contributed by atoms with Gasteiger partial charge in [-0.2, -0.15) is 0 Å². The number of halogens is 1.